The van der Waals surface area contributed by atoms with E-state index < -0.39 is 17.7 Å². The number of rotatable bonds is 4. The molecule has 4 heterocycles. The van der Waals surface area contributed by atoms with Crippen molar-refractivity contribution in [3.63, 3.8) is 0 Å². The molecule has 6 nitrogen and oxygen atoms in total. The zero-order chi connectivity index (χ0) is 22.4. The highest BCUT2D eigenvalue weighted by Gasteiger charge is 2.48. The molecule has 1 saturated heterocycles. The number of carbonyl (C=O) groups is 2. The number of anilines is 1. The van der Waals surface area contributed by atoms with Gasteiger partial charge in [0.25, 0.3) is 5.78 Å². The average molecular weight is 462 g/mol. The van der Waals surface area contributed by atoms with Gasteiger partial charge >= 0.3 is 5.91 Å². The minimum absolute atomic E-state index is 0.0609. The molecule has 1 aromatic carbocycles. The zero-order valence-corrected chi connectivity index (χ0v) is 19.0. The predicted molar refractivity (Wildman–Crippen MR) is 127 cm³/mol. The van der Waals surface area contributed by atoms with Crippen LogP contribution in [0.2, 0.25) is 0 Å². The van der Waals surface area contributed by atoms with E-state index in [2.05, 4.69) is 29.9 Å². The molecule has 5 rings (SSSR count). The van der Waals surface area contributed by atoms with Crippen LogP contribution in [0.25, 0.3) is 16.0 Å². The molecule has 0 radical (unpaired) electrons. The molecule has 1 aliphatic rings. The second-order valence-electron chi connectivity index (χ2n) is 7.80. The van der Waals surface area contributed by atoms with E-state index in [0.29, 0.717) is 16.6 Å². The van der Waals surface area contributed by atoms with Crippen molar-refractivity contribution in [2.45, 2.75) is 25.8 Å². The van der Waals surface area contributed by atoms with Gasteiger partial charge in [-0.05, 0) is 47.2 Å². The van der Waals surface area contributed by atoms with Gasteiger partial charge in [-0.3, -0.25) is 19.5 Å². The van der Waals surface area contributed by atoms with Crippen LogP contribution in [0.3, 0.4) is 0 Å². The summed E-state index contributed by atoms with van der Waals surface area (Å²) in [6.45, 7) is 4.25. The largest absolute Gasteiger partial charge is 0.507 e. The summed E-state index contributed by atoms with van der Waals surface area (Å²) < 4.78 is 0.951. The number of aromatic nitrogens is 2. The quantitative estimate of drug-likeness (QED) is 0.246. The van der Waals surface area contributed by atoms with Crippen molar-refractivity contribution in [3.8, 4) is 0 Å². The van der Waals surface area contributed by atoms with Crippen molar-refractivity contribution in [2.24, 2.45) is 0 Å². The number of hydrogen-bond donors (Lipinski definition) is 1. The molecule has 0 spiro atoms. The molecule has 1 atom stereocenters. The summed E-state index contributed by atoms with van der Waals surface area (Å²) >= 11 is 2.80. The third-order valence-electron chi connectivity index (χ3n) is 5.48. The first-order valence-electron chi connectivity index (χ1n) is 10.1. The Hall–Kier alpha value is -3.36. The lowest BCUT2D eigenvalue weighted by atomic mass is 10.0. The van der Waals surface area contributed by atoms with E-state index in [9.17, 15) is 14.7 Å². The molecule has 1 amide bonds. The Morgan fingerprint density at radius 3 is 2.59 bits per heavy atom. The van der Waals surface area contributed by atoms with Gasteiger partial charge in [-0.25, -0.2) is 4.98 Å². The Balaban J connectivity index is 1.69. The summed E-state index contributed by atoms with van der Waals surface area (Å²) in [6.07, 6.45) is 3.07. The number of aliphatic hydroxyl groups excluding tert-OH is 1. The highest BCUT2D eigenvalue weighted by atomic mass is 32.1. The Bertz CT molecular complexity index is 1360. The molecular formula is C24H19N3O3S2. The topological polar surface area (TPSA) is 83.4 Å². The molecule has 3 aromatic heterocycles. The number of carbonyl (C=O) groups excluding carboxylic acids is 2. The molecule has 1 unspecified atom stereocenters. The summed E-state index contributed by atoms with van der Waals surface area (Å²) in [5, 5.41) is 13.3. The van der Waals surface area contributed by atoms with Gasteiger partial charge < -0.3 is 5.11 Å². The van der Waals surface area contributed by atoms with E-state index in [1.165, 1.54) is 45.5 Å². The van der Waals surface area contributed by atoms with Crippen molar-refractivity contribution in [1.29, 1.82) is 0 Å². The van der Waals surface area contributed by atoms with Gasteiger partial charge in [-0.1, -0.05) is 37.3 Å². The molecule has 1 aliphatic heterocycles. The maximum absolute atomic E-state index is 13.2. The molecule has 1 fully saturated rings. The number of amides is 1. The van der Waals surface area contributed by atoms with Gasteiger partial charge in [-0.2, -0.15) is 0 Å². The maximum atomic E-state index is 13.2. The number of Topliss-reactive ketones (excluding diaryl/α,β-unsaturated/α-hetero) is 1. The second kappa shape index (κ2) is 7.96. The minimum atomic E-state index is -0.742. The molecule has 0 aliphatic carbocycles. The van der Waals surface area contributed by atoms with Crippen molar-refractivity contribution < 1.29 is 14.7 Å². The smallest absolute Gasteiger partial charge is 0.301 e. The van der Waals surface area contributed by atoms with Gasteiger partial charge in [-0.15, -0.1) is 11.3 Å². The number of benzene rings is 1. The summed E-state index contributed by atoms with van der Waals surface area (Å²) in [5.74, 6) is -1.26. The molecule has 160 valence electrons. The first-order valence-corrected chi connectivity index (χ1v) is 11.8. The molecule has 0 saturated carbocycles. The van der Waals surface area contributed by atoms with E-state index in [1.807, 2.05) is 29.6 Å². The van der Waals surface area contributed by atoms with Crippen molar-refractivity contribution in [3.05, 3.63) is 81.8 Å². The normalized spacial score (nSPS) is 18.2. The number of thiophene rings is 1. The van der Waals surface area contributed by atoms with Crippen LogP contribution in [0.15, 0.2) is 65.8 Å². The van der Waals surface area contributed by atoms with E-state index in [-0.39, 0.29) is 11.3 Å². The van der Waals surface area contributed by atoms with Crippen LogP contribution in [0.1, 0.15) is 41.8 Å². The Morgan fingerprint density at radius 2 is 1.91 bits per heavy atom. The summed E-state index contributed by atoms with van der Waals surface area (Å²) in [5.41, 5.74) is 2.45. The Labute approximate surface area is 192 Å². The lowest BCUT2D eigenvalue weighted by Gasteiger charge is -2.21. The lowest BCUT2D eigenvalue weighted by Crippen LogP contribution is -2.28. The second-order valence-corrected chi connectivity index (χ2v) is 9.79. The minimum Gasteiger partial charge on any atom is -0.507 e. The fraction of sp³-hybridized carbons (Fsp3) is 0.167. The van der Waals surface area contributed by atoms with Crippen LogP contribution in [0.4, 0.5) is 5.13 Å². The number of hydrogen-bond acceptors (Lipinski definition) is 7. The molecule has 4 aromatic rings. The first-order chi connectivity index (χ1) is 15.5. The third-order valence-corrected chi connectivity index (χ3v) is 7.43. The van der Waals surface area contributed by atoms with Crippen molar-refractivity contribution in [2.75, 3.05) is 4.90 Å². The number of nitrogens with zero attached hydrogens (tertiary/aromatic N) is 3. The fourth-order valence-corrected chi connectivity index (χ4v) is 5.67. The first kappa shape index (κ1) is 20.5. The van der Waals surface area contributed by atoms with Gasteiger partial charge in [0.05, 0.1) is 15.8 Å². The van der Waals surface area contributed by atoms with E-state index in [1.54, 1.807) is 12.1 Å². The van der Waals surface area contributed by atoms with Crippen LogP contribution in [0.5, 0.6) is 0 Å². The molecule has 8 heteroatoms. The Morgan fingerprint density at radius 1 is 1.12 bits per heavy atom. The third kappa shape index (κ3) is 3.32. The van der Waals surface area contributed by atoms with Crippen LogP contribution < -0.4 is 4.90 Å². The van der Waals surface area contributed by atoms with Crippen LogP contribution >= 0.6 is 22.7 Å². The Kier molecular flexibility index (Phi) is 5.11. The summed E-state index contributed by atoms with van der Waals surface area (Å²) in [4.78, 5) is 37.2. The average Bonchev–Trinajstić information content (AvgIpc) is 3.52. The summed E-state index contributed by atoms with van der Waals surface area (Å²) in [6, 6.07) is 12.3. The summed E-state index contributed by atoms with van der Waals surface area (Å²) in [7, 11) is 0. The van der Waals surface area contributed by atoms with E-state index in [0.717, 1.165) is 15.1 Å². The van der Waals surface area contributed by atoms with Gasteiger partial charge in [0.2, 0.25) is 0 Å². The van der Waals surface area contributed by atoms with Gasteiger partial charge in [0, 0.05) is 22.8 Å². The monoisotopic (exact) mass is 461 g/mol. The van der Waals surface area contributed by atoms with E-state index >= 15 is 0 Å². The van der Waals surface area contributed by atoms with Gasteiger partial charge in [0.15, 0.2) is 5.13 Å². The number of thiazole rings is 1. The maximum Gasteiger partial charge on any atom is 0.301 e. The zero-order valence-electron chi connectivity index (χ0n) is 17.4. The highest BCUT2D eigenvalue weighted by molar-refractivity contribution is 7.22. The van der Waals surface area contributed by atoms with Crippen molar-refractivity contribution in [1.82, 2.24) is 9.97 Å². The predicted octanol–water partition coefficient (Wildman–Crippen LogP) is 5.50. The molecular weight excluding hydrogens is 442 g/mol. The number of ketones is 1. The van der Waals surface area contributed by atoms with Crippen LogP contribution in [-0.4, -0.2) is 26.8 Å². The fourth-order valence-electron chi connectivity index (χ4n) is 3.80. The molecule has 32 heavy (non-hydrogen) atoms. The lowest BCUT2D eigenvalue weighted by molar-refractivity contribution is -0.132. The number of pyridine rings is 1. The van der Waals surface area contributed by atoms with Gasteiger partial charge in [0.1, 0.15) is 11.8 Å². The van der Waals surface area contributed by atoms with Crippen molar-refractivity contribution >= 4 is 55.5 Å². The highest BCUT2D eigenvalue weighted by Crippen LogP contribution is 2.45. The molecule has 1 N–H and O–H groups in total. The SMILES string of the molecule is CC(C)c1ccc2nc(N3C(=O)C(=O)/C(=C(/O)c4ccncc4)C3c3cccs3)sc2c1. The van der Waals surface area contributed by atoms with E-state index in [4.69, 9.17) is 0 Å². The standard InChI is InChI=1S/C24H19N3O3S2/c1-13(2)15-5-6-16-18(12-15)32-24(26-16)27-20(17-4-3-11-31-17)19(22(29)23(27)30)21(28)14-7-9-25-10-8-14/h3-13,20,28H,1-2H3/b21-19+. The molecule has 0 bridgehead atoms. The number of fused-ring (bicyclic) bond motifs is 1. The van der Waals surface area contributed by atoms with Crippen LogP contribution in [0, 0.1) is 0 Å². The number of aliphatic hydroxyl groups is 1. The van der Waals surface area contributed by atoms with Crippen LogP contribution in [-0.2, 0) is 9.59 Å².